The molecule has 0 spiro atoms. The highest BCUT2D eigenvalue weighted by Crippen LogP contribution is 2.19. The third kappa shape index (κ3) is 10.7. The Labute approximate surface area is 230 Å². The average Bonchev–Trinajstić information content (AvgIpc) is 2.81. The fourth-order valence-electron chi connectivity index (χ4n) is 3.62. The van der Waals surface area contributed by atoms with Crippen LogP contribution in [0.5, 0.6) is 0 Å². The van der Waals surface area contributed by atoms with Crippen LogP contribution in [-0.4, -0.2) is 47.6 Å². The van der Waals surface area contributed by atoms with E-state index < -0.39 is 22.4 Å². The number of nitrogens with zero attached hydrogens (tertiary/aromatic N) is 1. The van der Waals surface area contributed by atoms with Crippen LogP contribution in [0.15, 0.2) is 59.6 Å². The standard InChI is InChI=1S/C27H36N4O5S2/c1-6-22(30-26(37)27(3,4)5)23(16-20-12-14-21(15-13-20)31-38(34,35)36)29-25(33)24(28-18(2)32)17-19-10-8-7-9-11-19/h7-15,23-24,31H,6,16-17H2,1-5H3,(H,28,32)(H,29,33)(H,34,35,36)/b30-22+/t23-,24-/m0/s1. The first kappa shape index (κ1) is 31.1. The van der Waals surface area contributed by atoms with E-state index in [1.165, 1.54) is 19.1 Å². The Hall–Kier alpha value is -3.15. The zero-order chi connectivity index (χ0) is 28.5. The fraction of sp³-hybridized carbons (Fsp3) is 0.407. The molecular formula is C27H36N4O5S2. The number of rotatable bonds is 11. The van der Waals surface area contributed by atoms with Gasteiger partial charge in [0.15, 0.2) is 0 Å². The molecule has 0 fully saturated rings. The zero-order valence-corrected chi connectivity index (χ0v) is 23.9. The molecule has 0 aromatic heterocycles. The molecule has 0 heterocycles. The number of aliphatic imine (C=N–C) groups is 1. The predicted molar refractivity (Wildman–Crippen MR) is 155 cm³/mol. The van der Waals surface area contributed by atoms with Crippen LogP contribution in [0.3, 0.4) is 0 Å². The molecule has 0 aliphatic carbocycles. The molecule has 0 aliphatic rings. The van der Waals surface area contributed by atoms with E-state index in [1.807, 2.05) is 62.7 Å². The number of carbonyl (C=O) groups excluding carboxylic acids is 2. The van der Waals surface area contributed by atoms with Crippen LogP contribution in [0.2, 0.25) is 0 Å². The summed E-state index contributed by atoms with van der Waals surface area (Å²) in [6.07, 6.45) is 1.18. The van der Waals surface area contributed by atoms with Crippen molar-refractivity contribution in [1.29, 1.82) is 0 Å². The molecule has 2 amide bonds. The van der Waals surface area contributed by atoms with Gasteiger partial charge in [0.1, 0.15) is 11.0 Å². The number of carbonyl (C=O) groups is 2. The van der Waals surface area contributed by atoms with E-state index in [2.05, 4.69) is 10.6 Å². The van der Waals surface area contributed by atoms with Crippen LogP contribution in [-0.2, 0) is 32.7 Å². The van der Waals surface area contributed by atoms with Crippen LogP contribution in [0.4, 0.5) is 5.69 Å². The number of amides is 2. The summed E-state index contributed by atoms with van der Waals surface area (Å²) in [7, 11) is -4.39. The summed E-state index contributed by atoms with van der Waals surface area (Å²) in [5.74, 6) is -0.681. The molecule has 2 aromatic rings. The van der Waals surface area contributed by atoms with Gasteiger partial charge in [-0.15, -0.1) is 0 Å². The molecule has 206 valence electrons. The van der Waals surface area contributed by atoms with Gasteiger partial charge in [-0.3, -0.25) is 18.9 Å². The van der Waals surface area contributed by atoms with Gasteiger partial charge in [-0.1, -0.05) is 82.4 Å². The van der Waals surface area contributed by atoms with Gasteiger partial charge in [-0.05, 0) is 36.1 Å². The molecule has 2 atom stereocenters. The number of hydrogen-bond donors (Lipinski definition) is 4. The minimum Gasteiger partial charge on any atom is -0.346 e. The molecule has 9 nitrogen and oxygen atoms in total. The molecule has 2 rings (SSSR count). The average molecular weight is 561 g/mol. The minimum atomic E-state index is -4.39. The first-order valence-corrected chi connectivity index (χ1v) is 14.1. The van der Waals surface area contributed by atoms with Crippen molar-refractivity contribution in [3.05, 3.63) is 65.7 Å². The largest absolute Gasteiger partial charge is 0.357 e. The van der Waals surface area contributed by atoms with Crippen molar-refractivity contribution >= 4 is 50.7 Å². The quantitative estimate of drug-likeness (QED) is 0.187. The van der Waals surface area contributed by atoms with Crippen molar-refractivity contribution in [1.82, 2.24) is 10.6 Å². The van der Waals surface area contributed by atoms with E-state index >= 15 is 0 Å². The molecule has 0 bridgehead atoms. The summed E-state index contributed by atoms with van der Waals surface area (Å²) < 4.78 is 33.2. The van der Waals surface area contributed by atoms with Gasteiger partial charge in [-0.2, -0.15) is 8.42 Å². The Kier molecular flexibility index (Phi) is 11.1. The Morgan fingerprint density at radius 3 is 2.00 bits per heavy atom. The molecular weight excluding hydrogens is 524 g/mol. The zero-order valence-electron chi connectivity index (χ0n) is 22.3. The second kappa shape index (κ2) is 13.6. The fourth-order valence-corrected chi connectivity index (χ4v) is 4.18. The Balaban J connectivity index is 2.38. The van der Waals surface area contributed by atoms with Crippen LogP contribution in [0.25, 0.3) is 0 Å². The van der Waals surface area contributed by atoms with E-state index in [-0.39, 0.29) is 22.9 Å². The predicted octanol–water partition coefficient (Wildman–Crippen LogP) is 3.90. The van der Waals surface area contributed by atoms with Gasteiger partial charge in [0.25, 0.3) is 0 Å². The van der Waals surface area contributed by atoms with Gasteiger partial charge < -0.3 is 10.6 Å². The molecule has 0 saturated carbocycles. The van der Waals surface area contributed by atoms with Gasteiger partial charge in [0, 0.05) is 24.5 Å². The lowest BCUT2D eigenvalue weighted by atomic mass is 9.95. The summed E-state index contributed by atoms with van der Waals surface area (Å²) >= 11 is 5.55. The third-order valence-corrected chi connectivity index (χ3v) is 6.78. The maximum atomic E-state index is 13.5. The van der Waals surface area contributed by atoms with Gasteiger partial charge in [0.05, 0.1) is 11.7 Å². The second-order valence-electron chi connectivity index (χ2n) is 9.99. The second-order valence-corrected chi connectivity index (χ2v) is 11.5. The van der Waals surface area contributed by atoms with E-state index in [4.69, 9.17) is 21.8 Å². The number of thiocarbonyl (C=S) groups is 1. The molecule has 0 saturated heterocycles. The Bertz CT molecular complexity index is 1250. The van der Waals surface area contributed by atoms with Crippen molar-refractivity contribution < 1.29 is 22.6 Å². The van der Waals surface area contributed by atoms with Gasteiger partial charge in [-0.25, -0.2) is 4.99 Å². The van der Waals surface area contributed by atoms with E-state index in [9.17, 15) is 18.0 Å². The smallest absolute Gasteiger partial charge is 0.346 e. The first-order chi connectivity index (χ1) is 17.7. The van der Waals surface area contributed by atoms with Gasteiger partial charge in [0.2, 0.25) is 11.8 Å². The summed E-state index contributed by atoms with van der Waals surface area (Å²) in [6.45, 7) is 9.19. The molecule has 38 heavy (non-hydrogen) atoms. The normalized spacial score (nSPS) is 13.8. The lowest BCUT2D eigenvalue weighted by Gasteiger charge is -2.26. The monoisotopic (exact) mass is 560 g/mol. The molecule has 0 unspecified atom stereocenters. The summed E-state index contributed by atoms with van der Waals surface area (Å²) in [4.78, 5) is 30.6. The first-order valence-electron chi connectivity index (χ1n) is 12.3. The van der Waals surface area contributed by atoms with Crippen molar-refractivity contribution in [2.45, 2.75) is 66.0 Å². The van der Waals surface area contributed by atoms with Crippen LogP contribution in [0.1, 0.15) is 52.2 Å². The molecule has 0 radical (unpaired) electrons. The van der Waals surface area contributed by atoms with Crippen molar-refractivity contribution in [2.75, 3.05) is 4.72 Å². The molecule has 2 aromatic carbocycles. The van der Waals surface area contributed by atoms with E-state index in [0.29, 0.717) is 30.0 Å². The summed E-state index contributed by atoms with van der Waals surface area (Å²) in [5.41, 5.74) is 2.22. The number of hydrogen-bond acceptors (Lipinski definition) is 5. The van der Waals surface area contributed by atoms with Crippen LogP contribution >= 0.6 is 12.2 Å². The van der Waals surface area contributed by atoms with Crippen molar-refractivity contribution in [3.63, 3.8) is 0 Å². The summed E-state index contributed by atoms with van der Waals surface area (Å²) in [6, 6.07) is 14.5. The van der Waals surface area contributed by atoms with Gasteiger partial charge >= 0.3 is 10.3 Å². The number of benzene rings is 2. The van der Waals surface area contributed by atoms with E-state index in [1.54, 1.807) is 12.1 Å². The minimum absolute atomic E-state index is 0.198. The topological polar surface area (TPSA) is 137 Å². The lowest BCUT2D eigenvalue weighted by molar-refractivity contribution is -0.128. The Morgan fingerprint density at radius 1 is 0.947 bits per heavy atom. The highest BCUT2D eigenvalue weighted by Gasteiger charge is 2.26. The highest BCUT2D eigenvalue weighted by molar-refractivity contribution is 7.87. The third-order valence-electron chi connectivity index (χ3n) is 5.58. The SMILES string of the molecule is CC/C(=N\C(=S)C(C)(C)C)[C@H](Cc1ccc(NS(=O)(=O)O)cc1)NC(=O)[C@H](Cc1ccccc1)NC(C)=O. The van der Waals surface area contributed by atoms with Crippen molar-refractivity contribution in [3.8, 4) is 0 Å². The molecule has 4 N–H and O–H groups in total. The Morgan fingerprint density at radius 2 is 1.50 bits per heavy atom. The molecule has 0 aliphatic heterocycles. The molecule has 11 heteroatoms. The highest BCUT2D eigenvalue weighted by atomic mass is 32.2. The van der Waals surface area contributed by atoms with Crippen LogP contribution < -0.4 is 15.4 Å². The number of nitrogens with one attached hydrogen (secondary N) is 3. The number of anilines is 1. The van der Waals surface area contributed by atoms with E-state index in [0.717, 1.165) is 11.1 Å². The maximum absolute atomic E-state index is 13.5. The van der Waals surface area contributed by atoms with Crippen molar-refractivity contribution in [2.24, 2.45) is 10.4 Å². The lowest BCUT2D eigenvalue weighted by Crippen LogP contribution is -2.52. The maximum Gasteiger partial charge on any atom is 0.357 e. The van der Waals surface area contributed by atoms with Crippen LogP contribution in [0, 0.1) is 5.41 Å². The summed E-state index contributed by atoms with van der Waals surface area (Å²) in [5, 5.41) is 5.80.